The molecule has 6 heteroatoms. The molecule has 0 unspecified atom stereocenters. The Bertz CT molecular complexity index is 515. The summed E-state index contributed by atoms with van der Waals surface area (Å²) in [5.41, 5.74) is 0. The van der Waals surface area contributed by atoms with E-state index < -0.39 is 5.82 Å². The smallest absolute Gasteiger partial charge is 0.166 e. The first-order valence-corrected chi connectivity index (χ1v) is 6.37. The molecule has 0 bridgehead atoms. The van der Waals surface area contributed by atoms with Gasteiger partial charge in [0.2, 0.25) is 0 Å². The Hall–Kier alpha value is -1.20. The van der Waals surface area contributed by atoms with Crippen LogP contribution in [0.15, 0.2) is 18.5 Å². The predicted molar refractivity (Wildman–Crippen MR) is 68.0 cm³/mol. The van der Waals surface area contributed by atoms with Gasteiger partial charge in [-0.25, -0.2) is 14.4 Å². The number of hydrogen-bond acceptors (Lipinski definition) is 4. The quantitative estimate of drug-likeness (QED) is 0.925. The molecule has 3 nitrogen and oxygen atoms in total. The molecule has 0 amide bonds. The lowest BCUT2D eigenvalue weighted by molar-refractivity contribution is 0.624. The number of hydrogen-bond donors (Lipinski definition) is 1. The van der Waals surface area contributed by atoms with E-state index in [-0.39, 0.29) is 10.8 Å². The first-order valence-electron chi connectivity index (χ1n) is 5.17. The van der Waals surface area contributed by atoms with Crippen LogP contribution in [0.4, 0.5) is 10.2 Å². The van der Waals surface area contributed by atoms with Crippen LogP contribution >= 0.6 is 22.9 Å². The fourth-order valence-electron chi connectivity index (χ4n) is 1.30. The predicted octanol–water partition coefficient (Wildman–Crippen LogP) is 3.51. The van der Waals surface area contributed by atoms with E-state index in [1.807, 2.05) is 6.20 Å². The zero-order chi connectivity index (χ0) is 12.3. The van der Waals surface area contributed by atoms with Gasteiger partial charge in [-0.15, -0.1) is 11.3 Å². The van der Waals surface area contributed by atoms with Crippen LogP contribution in [-0.4, -0.2) is 9.97 Å². The Morgan fingerprint density at radius 3 is 2.88 bits per heavy atom. The van der Waals surface area contributed by atoms with Crippen LogP contribution in [0.1, 0.15) is 16.8 Å². The maximum atomic E-state index is 13.4. The van der Waals surface area contributed by atoms with Crippen LogP contribution in [-0.2, 0) is 13.0 Å². The van der Waals surface area contributed by atoms with Gasteiger partial charge in [-0.1, -0.05) is 18.5 Å². The summed E-state index contributed by atoms with van der Waals surface area (Å²) in [6.07, 6.45) is 4.21. The molecule has 0 spiro atoms. The third-order valence-corrected chi connectivity index (χ3v) is 3.51. The minimum Gasteiger partial charge on any atom is -0.361 e. The molecule has 17 heavy (non-hydrogen) atoms. The van der Waals surface area contributed by atoms with E-state index in [2.05, 4.69) is 22.2 Å². The van der Waals surface area contributed by atoms with Crippen molar-refractivity contribution in [3.05, 3.63) is 39.2 Å². The maximum absolute atomic E-state index is 13.4. The molecule has 2 rings (SSSR count). The third kappa shape index (κ3) is 3.14. The number of nitrogens with zero attached hydrogens (tertiary/aromatic N) is 2. The highest BCUT2D eigenvalue weighted by Crippen LogP contribution is 2.18. The van der Waals surface area contributed by atoms with Crippen LogP contribution in [0.25, 0.3) is 0 Å². The van der Waals surface area contributed by atoms with Crippen molar-refractivity contribution >= 4 is 28.8 Å². The lowest BCUT2D eigenvalue weighted by atomic mass is 10.4. The zero-order valence-electron chi connectivity index (χ0n) is 9.20. The fourth-order valence-corrected chi connectivity index (χ4v) is 2.24. The summed E-state index contributed by atoms with van der Waals surface area (Å²) in [6, 6.07) is 1.23. The van der Waals surface area contributed by atoms with Gasteiger partial charge in [0, 0.05) is 17.3 Å². The number of pyridine rings is 1. The summed E-state index contributed by atoms with van der Waals surface area (Å²) in [7, 11) is 0. The van der Waals surface area contributed by atoms with Crippen molar-refractivity contribution in [3.8, 4) is 0 Å². The average Bonchev–Trinajstić information content (AvgIpc) is 2.76. The van der Waals surface area contributed by atoms with Crippen molar-refractivity contribution in [1.82, 2.24) is 9.97 Å². The van der Waals surface area contributed by atoms with Crippen molar-refractivity contribution in [1.29, 1.82) is 0 Å². The van der Waals surface area contributed by atoms with E-state index in [1.165, 1.54) is 17.1 Å². The monoisotopic (exact) mass is 271 g/mol. The summed E-state index contributed by atoms with van der Waals surface area (Å²) in [6.45, 7) is 2.54. The normalized spacial score (nSPS) is 10.5. The van der Waals surface area contributed by atoms with E-state index in [9.17, 15) is 4.39 Å². The molecule has 2 heterocycles. The molecule has 2 aromatic heterocycles. The van der Waals surface area contributed by atoms with Crippen LogP contribution in [0, 0.1) is 5.82 Å². The summed E-state index contributed by atoms with van der Waals surface area (Å²) in [5, 5.41) is 4.10. The molecule has 0 aromatic carbocycles. The number of thiazole rings is 1. The van der Waals surface area contributed by atoms with Gasteiger partial charge in [0.05, 0.1) is 11.6 Å². The fraction of sp³-hybridized carbons (Fsp3) is 0.273. The summed E-state index contributed by atoms with van der Waals surface area (Å²) >= 11 is 7.23. The molecule has 0 atom stereocenters. The lowest BCUT2D eigenvalue weighted by Crippen LogP contribution is -2.02. The molecule has 2 aromatic rings. The number of halogens is 2. The highest BCUT2D eigenvalue weighted by atomic mass is 35.5. The zero-order valence-corrected chi connectivity index (χ0v) is 10.8. The van der Waals surface area contributed by atoms with E-state index >= 15 is 0 Å². The summed E-state index contributed by atoms with van der Waals surface area (Å²) in [5.74, 6) is -0.257. The molecular formula is C11H11ClFN3S. The number of aromatic nitrogens is 2. The lowest BCUT2D eigenvalue weighted by Gasteiger charge is -2.04. The van der Waals surface area contributed by atoms with Gasteiger partial charge >= 0.3 is 0 Å². The van der Waals surface area contributed by atoms with Crippen molar-refractivity contribution < 1.29 is 4.39 Å². The molecule has 0 saturated heterocycles. The van der Waals surface area contributed by atoms with Crippen molar-refractivity contribution in [2.45, 2.75) is 19.9 Å². The van der Waals surface area contributed by atoms with Crippen LogP contribution in [0.2, 0.25) is 5.02 Å². The Balaban J connectivity index is 2.02. The second-order valence-electron chi connectivity index (χ2n) is 3.41. The standard InChI is InChI=1S/C11H11ClFN3S/c1-2-8-5-14-10(17-8)6-16-11-9(13)3-7(12)4-15-11/h3-5H,2,6H2,1H3,(H,15,16). The number of rotatable bonds is 4. The molecule has 0 aliphatic heterocycles. The van der Waals surface area contributed by atoms with Gasteiger partial charge in [-0.2, -0.15) is 0 Å². The Morgan fingerprint density at radius 2 is 2.24 bits per heavy atom. The molecule has 0 saturated carbocycles. The highest BCUT2D eigenvalue weighted by Gasteiger charge is 2.05. The summed E-state index contributed by atoms with van der Waals surface area (Å²) in [4.78, 5) is 9.32. The van der Waals surface area contributed by atoms with Crippen molar-refractivity contribution in [2.75, 3.05) is 5.32 Å². The first kappa shape index (κ1) is 12.3. The Labute approximate surface area is 108 Å². The highest BCUT2D eigenvalue weighted by molar-refractivity contribution is 7.11. The second-order valence-corrected chi connectivity index (χ2v) is 5.05. The molecule has 0 radical (unpaired) electrons. The average molecular weight is 272 g/mol. The van der Waals surface area contributed by atoms with Gasteiger partial charge < -0.3 is 5.32 Å². The molecule has 0 aliphatic carbocycles. The maximum Gasteiger partial charge on any atom is 0.166 e. The molecule has 90 valence electrons. The Morgan fingerprint density at radius 1 is 1.41 bits per heavy atom. The van der Waals surface area contributed by atoms with Crippen LogP contribution < -0.4 is 5.32 Å². The van der Waals surface area contributed by atoms with E-state index in [4.69, 9.17) is 11.6 Å². The van der Waals surface area contributed by atoms with Gasteiger partial charge in [0.25, 0.3) is 0 Å². The minimum absolute atomic E-state index is 0.197. The van der Waals surface area contributed by atoms with Crippen LogP contribution in [0.3, 0.4) is 0 Å². The van der Waals surface area contributed by atoms with Gasteiger partial charge in [0.15, 0.2) is 11.6 Å². The van der Waals surface area contributed by atoms with Crippen LogP contribution in [0.5, 0.6) is 0 Å². The van der Waals surface area contributed by atoms with E-state index in [0.717, 1.165) is 11.4 Å². The SMILES string of the molecule is CCc1cnc(CNc2ncc(Cl)cc2F)s1. The molecule has 0 fully saturated rings. The number of anilines is 1. The van der Waals surface area contributed by atoms with Gasteiger partial charge in [0.1, 0.15) is 5.01 Å². The third-order valence-electron chi connectivity index (χ3n) is 2.16. The van der Waals surface area contributed by atoms with Gasteiger partial charge in [-0.05, 0) is 12.5 Å². The number of aryl methyl sites for hydroxylation is 1. The largest absolute Gasteiger partial charge is 0.361 e. The van der Waals surface area contributed by atoms with Crippen molar-refractivity contribution in [2.24, 2.45) is 0 Å². The first-order chi connectivity index (χ1) is 8.19. The molecular weight excluding hydrogens is 261 g/mol. The number of nitrogens with one attached hydrogen (secondary N) is 1. The molecule has 0 aliphatic rings. The molecule has 1 N–H and O–H groups in total. The van der Waals surface area contributed by atoms with Crippen molar-refractivity contribution in [3.63, 3.8) is 0 Å². The Kier molecular flexibility index (Phi) is 3.91. The minimum atomic E-state index is -0.454. The second kappa shape index (κ2) is 5.42. The summed E-state index contributed by atoms with van der Waals surface area (Å²) < 4.78 is 13.4. The topological polar surface area (TPSA) is 37.8 Å². The van der Waals surface area contributed by atoms with E-state index in [0.29, 0.717) is 6.54 Å². The van der Waals surface area contributed by atoms with E-state index in [1.54, 1.807) is 11.3 Å². The van der Waals surface area contributed by atoms with Gasteiger partial charge in [-0.3, -0.25) is 0 Å².